The van der Waals surface area contributed by atoms with Crippen molar-refractivity contribution < 1.29 is 18.7 Å². The third-order valence-electron chi connectivity index (χ3n) is 3.94. The van der Waals surface area contributed by atoms with Crippen LogP contribution in [0.5, 0.6) is 5.88 Å². The molecule has 8 heteroatoms. The van der Waals surface area contributed by atoms with Gasteiger partial charge in [-0.3, -0.25) is 4.79 Å². The van der Waals surface area contributed by atoms with Gasteiger partial charge in [0.25, 0.3) is 5.91 Å². The van der Waals surface area contributed by atoms with Crippen LogP contribution in [0, 0.1) is 6.92 Å². The molecule has 3 rings (SSSR count). The zero-order valence-corrected chi connectivity index (χ0v) is 15.5. The number of hydrogen-bond acceptors (Lipinski definition) is 5. The summed E-state index contributed by atoms with van der Waals surface area (Å²) in [5, 5.41) is 8.28. The number of nitrogens with zero attached hydrogens (tertiary/aromatic N) is 1. The normalized spacial score (nSPS) is 10.2. The van der Waals surface area contributed by atoms with Gasteiger partial charge in [-0.1, -0.05) is 6.07 Å². The Morgan fingerprint density at radius 3 is 2.64 bits per heavy atom. The lowest BCUT2D eigenvalue weighted by molar-refractivity contribution is 0.0996. The number of aromatic nitrogens is 1. The Balaban J connectivity index is 1.54. The number of benzene rings is 1. The van der Waals surface area contributed by atoms with Crippen LogP contribution in [0.2, 0.25) is 0 Å². The molecule has 0 fully saturated rings. The van der Waals surface area contributed by atoms with E-state index in [9.17, 15) is 9.59 Å². The van der Waals surface area contributed by atoms with E-state index in [0.29, 0.717) is 23.8 Å². The molecule has 0 atom stereocenters. The molecule has 0 aliphatic carbocycles. The summed E-state index contributed by atoms with van der Waals surface area (Å²) >= 11 is 0. The first kappa shape index (κ1) is 19.0. The van der Waals surface area contributed by atoms with Crippen molar-refractivity contribution >= 4 is 23.3 Å². The van der Waals surface area contributed by atoms with Crippen molar-refractivity contribution in [3.8, 4) is 5.88 Å². The molecule has 1 aromatic carbocycles. The minimum absolute atomic E-state index is 0.231. The molecular formula is C20H20N4O4. The molecule has 2 heterocycles. The molecule has 0 saturated heterocycles. The lowest BCUT2D eigenvalue weighted by atomic mass is 10.1. The van der Waals surface area contributed by atoms with Crippen molar-refractivity contribution in [1.82, 2.24) is 10.3 Å². The third kappa shape index (κ3) is 4.88. The molecule has 0 bridgehead atoms. The molecule has 144 valence electrons. The van der Waals surface area contributed by atoms with E-state index in [0.717, 1.165) is 11.1 Å². The van der Waals surface area contributed by atoms with Gasteiger partial charge in [-0.2, -0.15) is 0 Å². The molecule has 0 aliphatic rings. The van der Waals surface area contributed by atoms with E-state index in [2.05, 4.69) is 20.9 Å². The van der Waals surface area contributed by atoms with Gasteiger partial charge in [0.15, 0.2) is 5.76 Å². The van der Waals surface area contributed by atoms with Gasteiger partial charge in [-0.25, -0.2) is 9.78 Å². The largest absolute Gasteiger partial charge is 0.481 e. The highest BCUT2D eigenvalue weighted by Gasteiger charge is 2.11. The summed E-state index contributed by atoms with van der Waals surface area (Å²) in [7, 11) is 1.55. The number of nitrogens with one attached hydrogen (secondary N) is 3. The average Bonchev–Trinajstić information content (AvgIpc) is 3.24. The smallest absolute Gasteiger partial charge is 0.319 e. The maximum atomic E-state index is 12.1. The summed E-state index contributed by atoms with van der Waals surface area (Å²) in [4.78, 5) is 28.2. The van der Waals surface area contributed by atoms with Crippen LogP contribution in [-0.2, 0) is 6.54 Å². The maximum absolute atomic E-state index is 12.1. The number of amides is 3. The fourth-order valence-electron chi connectivity index (χ4n) is 2.47. The maximum Gasteiger partial charge on any atom is 0.319 e. The van der Waals surface area contributed by atoms with Gasteiger partial charge in [-0.15, -0.1) is 0 Å². The number of aryl methyl sites for hydroxylation is 1. The molecule has 3 N–H and O–H groups in total. The molecular weight excluding hydrogens is 360 g/mol. The van der Waals surface area contributed by atoms with E-state index >= 15 is 0 Å². The monoisotopic (exact) mass is 380 g/mol. The molecule has 0 aliphatic heterocycles. The Labute approximate surface area is 161 Å². The highest BCUT2D eigenvalue weighted by molar-refractivity contribution is 6.02. The lowest BCUT2D eigenvalue weighted by Crippen LogP contribution is -2.28. The van der Waals surface area contributed by atoms with E-state index in [4.69, 9.17) is 9.15 Å². The van der Waals surface area contributed by atoms with Crippen molar-refractivity contribution in [2.24, 2.45) is 0 Å². The summed E-state index contributed by atoms with van der Waals surface area (Å²) in [5.74, 6) is 0.413. The summed E-state index contributed by atoms with van der Waals surface area (Å²) in [6, 6.07) is 11.6. The standard InChI is InChI=1S/C20H20N4O4/c1-13-10-15(6-7-16(13)24-19(25)17-4-3-9-28-17)23-20(26)22-12-14-5-8-18(27-2)21-11-14/h3-11H,12H2,1-2H3,(H,24,25)(H2,22,23,26). The minimum Gasteiger partial charge on any atom is -0.481 e. The van der Waals surface area contributed by atoms with Crippen LogP contribution in [0.1, 0.15) is 21.7 Å². The zero-order valence-electron chi connectivity index (χ0n) is 15.5. The van der Waals surface area contributed by atoms with Crippen LogP contribution in [0.15, 0.2) is 59.3 Å². The molecule has 0 saturated carbocycles. The fourth-order valence-corrected chi connectivity index (χ4v) is 2.47. The Morgan fingerprint density at radius 1 is 1.14 bits per heavy atom. The van der Waals surface area contributed by atoms with Crippen LogP contribution < -0.4 is 20.7 Å². The lowest BCUT2D eigenvalue weighted by Gasteiger charge is -2.11. The van der Waals surface area contributed by atoms with Gasteiger partial charge in [0, 0.05) is 30.2 Å². The predicted molar refractivity (Wildman–Crippen MR) is 104 cm³/mol. The second-order valence-corrected chi connectivity index (χ2v) is 5.98. The van der Waals surface area contributed by atoms with Gasteiger partial charge in [-0.05, 0) is 48.4 Å². The summed E-state index contributed by atoms with van der Waals surface area (Å²) in [6.45, 7) is 2.17. The fraction of sp³-hybridized carbons (Fsp3) is 0.150. The molecule has 3 aromatic rings. The number of rotatable bonds is 6. The zero-order chi connectivity index (χ0) is 19.9. The van der Waals surface area contributed by atoms with Crippen LogP contribution >= 0.6 is 0 Å². The quantitative estimate of drug-likeness (QED) is 0.606. The SMILES string of the molecule is COc1ccc(CNC(=O)Nc2ccc(NC(=O)c3ccco3)c(C)c2)cn1. The van der Waals surface area contributed by atoms with Crippen molar-refractivity contribution in [2.75, 3.05) is 17.7 Å². The number of anilines is 2. The molecule has 0 spiro atoms. The van der Waals surface area contributed by atoms with E-state index in [1.54, 1.807) is 49.7 Å². The number of ether oxygens (including phenoxy) is 1. The Hall–Kier alpha value is -3.81. The molecule has 0 radical (unpaired) electrons. The highest BCUT2D eigenvalue weighted by atomic mass is 16.5. The summed E-state index contributed by atoms with van der Waals surface area (Å²) in [6.07, 6.45) is 3.08. The first-order chi connectivity index (χ1) is 13.5. The average molecular weight is 380 g/mol. The number of carbonyl (C=O) groups excluding carboxylic acids is 2. The molecule has 3 amide bonds. The molecule has 28 heavy (non-hydrogen) atoms. The molecule has 2 aromatic heterocycles. The van der Waals surface area contributed by atoms with Crippen LogP contribution in [0.3, 0.4) is 0 Å². The second-order valence-electron chi connectivity index (χ2n) is 5.98. The third-order valence-corrected chi connectivity index (χ3v) is 3.94. The number of urea groups is 1. The van der Waals surface area contributed by atoms with E-state index < -0.39 is 0 Å². The van der Waals surface area contributed by atoms with E-state index in [1.165, 1.54) is 6.26 Å². The molecule has 0 unspecified atom stereocenters. The highest BCUT2D eigenvalue weighted by Crippen LogP contribution is 2.20. The Kier molecular flexibility index (Phi) is 5.91. The van der Waals surface area contributed by atoms with Gasteiger partial charge in [0.2, 0.25) is 5.88 Å². The summed E-state index contributed by atoms with van der Waals surface area (Å²) in [5.41, 5.74) is 2.90. The Morgan fingerprint density at radius 2 is 2.00 bits per heavy atom. The van der Waals surface area contributed by atoms with Crippen molar-refractivity contribution in [3.05, 3.63) is 71.8 Å². The number of hydrogen-bond donors (Lipinski definition) is 3. The Bertz CT molecular complexity index is 953. The second kappa shape index (κ2) is 8.72. The van der Waals surface area contributed by atoms with Crippen molar-refractivity contribution in [3.63, 3.8) is 0 Å². The number of carbonyl (C=O) groups is 2. The van der Waals surface area contributed by atoms with E-state index in [-0.39, 0.29) is 17.7 Å². The van der Waals surface area contributed by atoms with Crippen molar-refractivity contribution in [2.45, 2.75) is 13.5 Å². The first-order valence-corrected chi connectivity index (χ1v) is 8.54. The van der Waals surface area contributed by atoms with E-state index in [1.807, 2.05) is 13.0 Å². The minimum atomic E-state index is -0.345. The number of methoxy groups -OCH3 is 1. The number of pyridine rings is 1. The van der Waals surface area contributed by atoms with Crippen LogP contribution in [0.4, 0.5) is 16.2 Å². The molecule has 8 nitrogen and oxygen atoms in total. The van der Waals surface area contributed by atoms with Crippen molar-refractivity contribution in [1.29, 1.82) is 0 Å². The first-order valence-electron chi connectivity index (χ1n) is 8.54. The summed E-state index contributed by atoms with van der Waals surface area (Å²) < 4.78 is 10.1. The van der Waals surface area contributed by atoms with Gasteiger partial charge < -0.3 is 25.1 Å². The van der Waals surface area contributed by atoms with Gasteiger partial charge in [0.1, 0.15) is 0 Å². The topological polar surface area (TPSA) is 105 Å². The number of furan rings is 1. The van der Waals surface area contributed by atoms with Gasteiger partial charge >= 0.3 is 6.03 Å². The van der Waals surface area contributed by atoms with Gasteiger partial charge in [0.05, 0.1) is 13.4 Å². The predicted octanol–water partition coefficient (Wildman–Crippen LogP) is 3.57. The van der Waals surface area contributed by atoms with Crippen LogP contribution in [-0.4, -0.2) is 24.0 Å². The van der Waals surface area contributed by atoms with Crippen LogP contribution in [0.25, 0.3) is 0 Å².